The summed E-state index contributed by atoms with van der Waals surface area (Å²) in [5.74, 6) is 1.39. The number of nitrogens with one attached hydrogen (secondary N) is 1. The van der Waals surface area contributed by atoms with Gasteiger partial charge in [-0.15, -0.1) is 0 Å². The Bertz CT molecular complexity index is 318. The average Bonchev–Trinajstić information content (AvgIpc) is 2.39. The number of methoxy groups -OCH3 is 1. The van der Waals surface area contributed by atoms with Gasteiger partial charge < -0.3 is 10.1 Å². The quantitative estimate of drug-likeness (QED) is 0.698. The van der Waals surface area contributed by atoms with E-state index in [-0.39, 0.29) is 5.82 Å². The van der Waals surface area contributed by atoms with Gasteiger partial charge in [-0.1, -0.05) is 12.1 Å². The minimum Gasteiger partial charge on any atom is -0.383 e. The zero-order chi connectivity index (χ0) is 13.2. The molecule has 0 heterocycles. The van der Waals surface area contributed by atoms with Crippen LogP contribution in [0.1, 0.15) is 17.9 Å². The van der Waals surface area contributed by atoms with Gasteiger partial charge in [0.05, 0.1) is 6.61 Å². The highest BCUT2D eigenvalue weighted by Gasteiger charge is 2.10. The van der Waals surface area contributed by atoms with E-state index in [9.17, 15) is 4.39 Å². The van der Waals surface area contributed by atoms with Crippen molar-refractivity contribution >= 4 is 11.8 Å². The molecule has 4 heteroatoms. The fourth-order valence-electron chi connectivity index (χ4n) is 1.83. The van der Waals surface area contributed by atoms with E-state index in [2.05, 4.69) is 11.6 Å². The van der Waals surface area contributed by atoms with Gasteiger partial charge in [0.15, 0.2) is 0 Å². The molecule has 0 aliphatic carbocycles. The molecule has 0 aliphatic heterocycles. The predicted molar refractivity (Wildman–Crippen MR) is 76.9 cm³/mol. The summed E-state index contributed by atoms with van der Waals surface area (Å²) in [6, 6.07) is 6.85. The number of hydrogen-bond acceptors (Lipinski definition) is 3. The van der Waals surface area contributed by atoms with Gasteiger partial charge in [-0.05, 0) is 42.0 Å². The van der Waals surface area contributed by atoms with Gasteiger partial charge in [0.25, 0.3) is 0 Å². The standard InChI is InChI=1S/C14H22FNOS/c1-17-9-8-16-11-13(7-10-18-2)12-3-5-14(15)6-4-12/h3-6,13,16H,7-11H2,1-2H3. The molecular weight excluding hydrogens is 249 g/mol. The smallest absolute Gasteiger partial charge is 0.123 e. The number of ether oxygens (including phenoxy) is 1. The second-order valence-corrected chi connectivity index (χ2v) is 5.21. The fourth-order valence-corrected chi connectivity index (χ4v) is 2.35. The molecule has 0 radical (unpaired) electrons. The van der Waals surface area contributed by atoms with Crippen molar-refractivity contribution in [3.05, 3.63) is 35.6 Å². The highest BCUT2D eigenvalue weighted by atomic mass is 32.2. The van der Waals surface area contributed by atoms with E-state index in [0.29, 0.717) is 5.92 Å². The van der Waals surface area contributed by atoms with Crippen LogP contribution in [0.5, 0.6) is 0 Å². The molecular formula is C14H22FNOS. The molecule has 1 aromatic rings. The monoisotopic (exact) mass is 271 g/mol. The first-order valence-corrected chi connectivity index (χ1v) is 7.61. The summed E-state index contributed by atoms with van der Waals surface area (Å²) < 4.78 is 17.9. The van der Waals surface area contributed by atoms with Crippen LogP contribution in [0.25, 0.3) is 0 Å². The van der Waals surface area contributed by atoms with E-state index in [4.69, 9.17) is 4.74 Å². The summed E-state index contributed by atoms with van der Waals surface area (Å²) in [7, 11) is 1.70. The van der Waals surface area contributed by atoms with E-state index < -0.39 is 0 Å². The lowest BCUT2D eigenvalue weighted by molar-refractivity contribution is 0.199. The summed E-state index contributed by atoms with van der Waals surface area (Å²) in [5, 5.41) is 3.38. The van der Waals surface area contributed by atoms with Crippen molar-refractivity contribution in [2.24, 2.45) is 0 Å². The average molecular weight is 271 g/mol. The Labute approximate surface area is 113 Å². The van der Waals surface area contributed by atoms with Crippen LogP contribution in [0.15, 0.2) is 24.3 Å². The first-order valence-electron chi connectivity index (χ1n) is 6.22. The minimum atomic E-state index is -0.172. The van der Waals surface area contributed by atoms with E-state index >= 15 is 0 Å². The topological polar surface area (TPSA) is 21.3 Å². The molecule has 2 nitrogen and oxygen atoms in total. The summed E-state index contributed by atoms with van der Waals surface area (Å²) in [4.78, 5) is 0. The third kappa shape index (κ3) is 5.85. The second-order valence-electron chi connectivity index (χ2n) is 4.23. The van der Waals surface area contributed by atoms with Gasteiger partial charge in [-0.3, -0.25) is 0 Å². The first-order chi connectivity index (χ1) is 8.77. The summed E-state index contributed by atoms with van der Waals surface area (Å²) in [6.45, 7) is 2.49. The Morgan fingerprint density at radius 2 is 2.06 bits per heavy atom. The van der Waals surface area contributed by atoms with Crippen LogP contribution in [-0.4, -0.2) is 38.8 Å². The molecule has 0 aromatic heterocycles. The van der Waals surface area contributed by atoms with Crippen LogP contribution in [0.3, 0.4) is 0 Å². The van der Waals surface area contributed by atoms with Crippen LogP contribution in [-0.2, 0) is 4.74 Å². The molecule has 1 N–H and O–H groups in total. The molecule has 18 heavy (non-hydrogen) atoms. The van der Waals surface area contributed by atoms with E-state index in [1.165, 1.54) is 17.7 Å². The molecule has 0 bridgehead atoms. The molecule has 0 saturated heterocycles. The number of benzene rings is 1. The van der Waals surface area contributed by atoms with E-state index in [1.807, 2.05) is 23.9 Å². The Balaban J connectivity index is 2.51. The molecule has 0 saturated carbocycles. The van der Waals surface area contributed by atoms with Crippen molar-refractivity contribution in [1.82, 2.24) is 5.32 Å². The van der Waals surface area contributed by atoms with Crippen LogP contribution in [0, 0.1) is 5.82 Å². The lowest BCUT2D eigenvalue weighted by Gasteiger charge is -2.17. The van der Waals surface area contributed by atoms with E-state index in [0.717, 1.165) is 31.9 Å². The zero-order valence-corrected chi connectivity index (χ0v) is 11.9. The molecule has 0 amide bonds. The van der Waals surface area contributed by atoms with Crippen molar-refractivity contribution < 1.29 is 9.13 Å². The van der Waals surface area contributed by atoms with Crippen molar-refractivity contribution in [2.75, 3.05) is 38.8 Å². The van der Waals surface area contributed by atoms with Crippen molar-refractivity contribution in [3.63, 3.8) is 0 Å². The Morgan fingerprint density at radius 1 is 1.33 bits per heavy atom. The first kappa shape index (κ1) is 15.5. The lowest BCUT2D eigenvalue weighted by atomic mass is 9.96. The van der Waals surface area contributed by atoms with Gasteiger partial charge in [-0.2, -0.15) is 11.8 Å². The van der Waals surface area contributed by atoms with Crippen LogP contribution >= 0.6 is 11.8 Å². The summed E-state index contributed by atoms with van der Waals surface area (Å²) in [6.07, 6.45) is 3.22. The van der Waals surface area contributed by atoms with Gasteiger partial charge in [0, 0.05) is 20.2 Å². The Morgan fingerprint density at radius 3 is 2.67 bits per heavy atom. The van der Waals surface area contributed by atoms with Crippen LogP contribution < -0.4 is 5.32 Å². The normalized spacial score (nSPS) is 12.6. The summed E-state index contributed by atoms with van der Waals surface area (Å²) >= 11 is 1.84. The molecule has 1 unspecified atom stereocenters. The second kappa shape index (κ2) is 9.36. The minimum absolute atomic E-state index is 0.172. The van der Waals surface area contributed by atoms with Gasteiger partial charge in [0.1, 0.15) is 5.82 Å². The van der Waals surface area contributed by atoms with Gasteiger partial charge in [0.2, 0.25) is 0 Å². The molecule has 0 spiro atoms. The molecule has 1 rings (SSSR count). The third-order valence-corrected chi connectivity index (χ3v) is 3.53. The van der Waals surface area contributed by atoms with Crippen molar-refractivity contribution in [2.45, 2.75) is 12.3 Å². The maximum Gasteiger partial charge on any atom is 0.123 e. The molecule has 1 atom stereocenters. The third-order valence-electron chi connectivity index (χ3n) is 2.89. The summed E-state index contributed by atoms with van der Waals surface area (Å²) in [5.41, 5.74) is 1.20. The zero-order valence-electron chi connectivity index (χ0n) is 11.1. The molecule has 0 fully saturated rings. The van der Waals surface area contributed by atoms with Crippen LogP contribution in [0.2, 0.25) is 0 Å². The predicted octanol–water partition coefficient (Wildman–Crippen LogP) is 2.90. The molecule has 0 aliphatic rings. The molecule has 1 aromatic carbocycles. The SMILES string of the molecule is COCCNCC(CCSC)c1ccc(F)cc1. The van der Waals surface area contributed by atoms with Crippen molar-refractivity contribution in [1.29, 1.82) is 0 Å². The van der Waals surface area contributed by atoms with Gasteiger partial charge in [-0.25, -0.2) is 4.39 Å². The maximum absolute atomic E-state index is 12.9. The van der Waals surface area contributed by atoms with Gasteiger partial charge >= 0.3 is 0 Å². The highest BCUT2D eigenvalue weighted by molar-refractivity contribution is 7.98. The van der Waals surface area contributed by atoms with Crippen LogP contribution in [0.4, 0.5) is 4.39 Å². The Hall–Kier alpha value is -0.580. The number of hydrogen-bond donors (Lipinski definition) is 1. The molecule has 102 valence electrons. The number of thioether (sulfide) groups is 1. The van der Waals surface area contributed by atoms with E-state index in [1.54, 1.807) is 7.11 Å². The Kier molecular flexibility index (Phi) is 8.05. The highest BCUT2D eigenvalue weighted by Crippen LogP contribution is 2.21. The lowest BCUT2D eigenvalue weighted by Crippen LogP contribution is -2.25. The maximum atomic E-state index is 12.9. The fraction of sp³-hybridized carbons (Fsp3) is 0.571. The van der Waals surface area contributed by atoms with Crippen molar-refractivity contribution in [3.8, 4) is 0 Å². The number of halogens is 1. The largest absolute Gasteiger partial charge is 0.383 e. The number of rotatable bonds is 9.